The van der Waals surface area contributed by atoms with Crippen LogP contribution < -0.4 is 0 Å². The summed E-state index contributed by atoms with van der Waals surface area (Å²) in [7, 11) is 1.07. The first-order valence-electron chi connectivity index (χ1n) is 4.72. The summed E-state index contributed by atoms with van der Waals surface area (Å²) in [5.74, 6) is -0.960. The number of benzene rings is 1. The molecular weight excluding hydrogens is 380 g/mol. The van der Waals surface area contributed by atoms with Crippen molar-refractivity contribution in [1.82, 2.24) is 0 Å². The molecule has 2 rings (SSSR count). The minimum atomic E-state index is -4.58. The summed E-state index contributed by atoms with van der Waals surface area (Å²) >= 11 is 2.72. The van der Waals surface area contributed by atoms with Crippen LogP contribution in [0.5, 0.6) is 0 Å². The molecule has 0 aliphatic rings. The molecule has 96 valence electrons. The van der Waals surface area contributed by atoms with Crippen molar-refractivity contribution >= 4 is 50.0 Å². The predicted molar refractivity (Wildman–Crippen MR) is 70.9 cm³/mol. The van der Waals surface area contributed by atoms with Gasteiger partial charge in [-0.2, -0.15) is 13.2 Å². The SMILES string of the molecule is COC(=O)c1sc2ccc(I)cc2c1C(F)(F)F. The van der Waals surface area contributed by atoms with Crippen molar-refractivity contribution in [2.45, 2.75) is 6.18 Å². The van der Waals surface area contributed by atoms with Gasteiger partial charge in [0.1, 0.15) is 4.88 Å². The Labute approximate surface area is 118 Å². The number of halogens is 4. The summed E-state index contributed by atoms with van der Waals surface area (Å²) in [4.78, 5) is 11.0. The topological polar surface area (TPSA) is 26.3 Å². The summed E-state index contributed by atoms with van der Waals surface area (Å²) in [5.41, 5.74) is -0.909. The van der Waals surface area contributed by atoms with E-state index in [1.807, 2.05) is 22.6 Å². The second-order valence-corrected chi connectivity index (χ2v) is 5.73. The molecule has 0 bridgehead atoms. The van der Waals surface area contributed by atoms with E-state index in [2.05, 4.69) is 4.74 Å². The Kier molecular flexibility index (Phi) is 3.54. The van der Waals surface area contributed by atoms with E-state index in [4.69, 9.17) is 0 Å². The molecule has 0 aliphatic carbocycles. The molecule has 1 heterocycles. The lowest BCUT2D eigenvalue weighted by Gasteiger charge is -2.07. The van der Waals surface area contributed by atoms with Gasteiger partial charge >= 0.3 is 12.1 Å². The lowest BCUT2D eigenvalue weighted by atomic mass is 10.1. The normalized spacial score (nSPS) is 11.8. The summed E-state index contributed by atoms with van der Waals surface area (Å²) in [6.45, 7) is 0. The summed E-state index contributed by atoms with van der Waals surface area (Å²) in [5, 5.41) is 0.0415. The smallest absolute Gasteiger partial charge is 0.418 e. The van der Waals surface area contributed by atoms with E-state index in [0.717, 1.165) is 18.4 Å². The van der Waals surface area contributed by atoms with E-state index >= 15 is 0 Å². The van der Waals surface area contributed by atoms with Crippen molar-refractivity contribution in [3.05, 3.63) is 32.2 Å². The lowest BCUT2D eigenvalue weighted by molar-refractivity contribution is -0.136. The second kappa shape index (κ2) is 4.69. The minimum absolute atomic E-state index is 0.0415. The van der Waals surface area contributed by atoms with E-state index in [1.54, 1.807) is 12.1 Å². The molecule has 0 amide bonds. The first-order valence-corrected chi connectivity index (χ1v) is 6.61. The van der Waals surface area contributed by atoms with Gasteiger partial charge in [0.25, 0.3) is 0 Å². The molecule has 0 spiro atoms. The number of carbonyl (C=O) groups is 1. The van der Waals surface area contributed by atoms with Crippen LogP contribution in [-0.2, 0) is 10.9 Å². The van der Waals surface area contributed by atoms with Crippen LogP contribution in [0.3, 0.4) is 0 Å². The van der Waals surface area contributed by atoms with Gasteiger partial charge in [-0.05, 0) is 40.8 Å². The lowest BCUT2D eigenvalue weighted by Crippen LogP contribution is -2.11. The largest absolute Gasteiger partial charge is 0.465 e. The summed E-state index contributed by atoms with van der Waals surface area (Å²) in [6, 6.07) is 4.69. The highest BCUT2D eigenvalue weighted by Gasteiger charge is 2.39. The van der Waals surface area contributed by atoms with Crippen molar-refractivity contribution in [2.75, 3.05) is 7.11 Å². The zero-order chi connectivity index (χ0) is 13.5. The molecule has 0 saturated carbocycles. The van der Waals surface area contributed by atoms with Gasteiger partial charge in [-0.25, -0.2) is 4.79 Å². The summed E-state index contributed by atoms with van der Waals surface area (Å²) in [6.07, 6.45) is -4.58. The van der Waals surface area contributed by atoms with E-state index in [0.29, 0.717) is 8.27 Å². The highest BCUT2D eigenvalue weighted by molar-refractivity contribution is 14.1. The Morgan fingerprint density at radius 1 is 1.39 bits per heavy atom. The fourth-order valence-electron chi connectivity index (χ4n) is 1.59. The average Bonchev–Trinajstić information content (AvgIpc) is 2.65. The molecule has 0 fully saturated rings. The number of fused-ring (bicyclic) bond motifs is 1. The van der Waals surface area contributed by atoms with Crippen LogP contribution in [0.4, 0.5) is 13.2 Å². The molecule has 0 N–H and O–H groups in total. The number of rotatable bonds is 1. The van der Waals surface area contributed by atoms with Gasteiger partial charge in [0.15, 0.2) is 0 Å². The van der Waals surface area contributed by atoms with Crippen molar-refractivity contribution < 1.29 is 22.7 Å². The zero-order valence-electron chi connectivity index (χ0n) is 8.97. The number of ether oxygens (including phenoxy) is 1. The average molecular weight is 386 g/mol. The fourth-order valence-corrected chi connectivity index (χ4v) is 3.20. The van der Waals surface area contributed by atoms with E-state index in [9.17, 15) is 18.0 Å². The first kappa shape index (κ1) is 13.6. The monoisotopic (exact) mass is 386 g/mol. The van der Waals surface area contributed by atoms with Gasteiger partial charge in [0.2, 0.25) is 0 Å². The standard InChI is InChI=1S/C11H6F3IO2S/c1-17-10(16)9-8(11(12,13)14)6-4-5(15)2-3-7(6)18-9/h2-4H,1H3. The zero-order valence-corrected chi connectivity index (χ0v) is 11.9. The van der Waals surface area contributed by atoms with Crippen LogP contribution in [0, 0.1) is 3.57 Å². The Morgan fingerprint density at radius 3 is 2.61 bits per heavy atom. The molecule has 0 radical (unpaired) electrons. The Morgan fingerprint density at radius 2 is 2.06 bits per heavy atom. The molecule has 1 aromatic carbocycles. The van der Waals surface area contributed by atoms with E-state index in [-0.39, 0.29) is 5.39 Å². The van der Waals surface area contributed by atoms with Gasteiger partial charge < -0.3 is 4.74 Å². The number of thiophene rings is 1. The maximum atomic E-state index is 13.0. The van der Waals surface area contributed by atoms with Crippen LogP contribution >= 0.6 is 33.9 Å². The molecule has 0 aliphatic heterocycles. The van der Waals surface area contributed by atoms with Crippen LogP contribution in [0.15, 0.2) is 18.2 Å². The first-order chi connectivity index (χ1) is 8.34. The molecule has 7 heteroatoms. The van der Waals surface area contributed by atoms with Gasteiger partial charge in [-0.1, -0.05) is 0 Å². The number of esters is 1. The number of alkyl halides is 3. The summed E-state index contributed by atoms with van der Waals surface area (Å²) < 4.78 is 44.6. The maximum Gasteiger partial charge on any atom is 0.418 e. The molecule has 1 aromatic heterocycles. The van der Waals surface area contributed by atoms with Crippen molar-refractivity contribution in [1.29, 1.82) is 0 Å². The molecular formula is C11H6F3IO2S. The number of hydrogen-bond donors (Lipinski definition) is 0. The number of methoxy groups -OCH3 is 1. The quantitative estimate of drug-likeness (QED) is 0.540. The van der Waals surface area contributed by atoms with Crippen molar-refractivity contribution in [2.24, 2.45) is 0 Å². The van der Waals surface area contributed by atoms with Crippen LogP contribution in [0.25, 0.3) is 10.1 Å². The predicted octanol–water partition coefficient (Wildman–Crippen LogP) is 4.31. The van der Waals surface area contributed by atoms with Gasteiger partial charge in [-0.3, -0.25) is 0 Å². The molecule has 2 aromatic rings. The fraction of sp³-hybridized carbons (Fsp3) is 0.182. The third kappa shape index (κ3) is 2.33. The Balaban J connectivity index is 2.82. The van der Waals surface area contributed by atoms with Crippen molar-refractivity contribution in [3.8, 4) is 0 Å². The molecule has 0 unspecified atom stereocenters. The Bertz CT molecular complexity index is 619. The number of hydrogen-bond acceptors (Lipinski definition) is 3. The van der Waals surface area contributed by atoms with Crippen molar-refractivity contribution in [3.63, 3.8) is 0 Å². The molecule has 0 saturated heterocycles. The number of carbonyl (C=O) groups excluding carboxylic acids is 1. The molecule has 18 heavy (non-hydrogen) atoms. The second-order valence-electron chi connectivity index (χ2n) is 3.44. The highest BCUT2D eigenvalue weighted by Crippen LogP contribution is 2.42. The Hall–Kier alpha value is -0.830. The molecule has 0 atom stereocenters. The van der Waals surface area contributed by atoms with E-state index in [1.165, 1.54) is 6.07 Å². The van der Waals surface area contributed by atoms with Crippen LogP contribution in [0.1, 0.15) is 15.2 Å². The van der Waals surface area contributed by atoms with Gasteiger partial charge in [0.05, 0.1) is 12.7 Å². The minimum Gasteiger partial charge on any atom is -0.465 e. The van der Waals surface area contributed by atoms with Crippen LogP contribution in [-0.4, -0.2) is 13.1 Å². The van der Waals surface area contributed by atoms with Crippen LogP contribution in [0.2, 0.25) is 0 Å². The highest BCUT2D eigenvalue weighted by atomic mass is 127. The van der Waals surface area contributed by atoms with Gasteiger partial charge in [-0.15, -0.1) is 11.3 Å². The third-order valence-electron chi connectivity index (χ3n) is 2.30. The van der Waals surface area contributed by atoms with Gasteiger partial charge in [0, 0.05) is 13.7 Å². The molecule has 2 nitrogen and oxygen atoms in total. The third-order valence-corrected chi connectivity index (χ3v) is 4.13. The maximum absolute atomic E-state index is 13.0. The van der Waals surface area contributed by atoms with E-state index < -0.39 is 22.6 Å².